The number of rotatable bonds is 4. The molecule has 0 aromatic heterocycles. The van der Waals surface area contributed by atoms with Crippen molar-refractivity contribution in [1.29, 1.82) is 0 Å². The van der Waals surface area contributed by atoms with Gasteiger partial charge in [0.05, 0.1) is 12.7 Å². The van der Waals surface area contributed by atoms with Crippen LogP contribution in [0.3, 0.4) is 0 Å². The Morgan fingerprint density at radius 1 is 1.04 bits per heavy atom. The van der Waals surface area contributed by atoms with Gasteiger partial charge in [0.2, 0.25) is 0 Å². The number of benzene rings is 2. The van der Waals surface area contributed by atoms with Crippen molar-refractivity contribution in [2.24, 2.45) is 0 Å². The molecule has 0 radical (unpaired) electrons. The van der Waals surface area contributed by atoms with Gasteiger partial charge in [-0.2, -0.15) is 0 Å². The quantitative estimate of drug-likeness (QED) is 0.638. The molecular weight excluding hydrogens is 360 g/mol. The van der Waals surface area contributed by atoms with E-state index in [0.717, 1.165) is 11.3 Å². The van der Waals surface area contributed by atoms with E-state index in [1.165, 1.54) is 6.08 Å². The average molecular weight is 375 g/mol. The van der Waals surface area contributed by atoms with Crippen molar-refractivity contribution < 1.29 is 14.3 Å². The summed E-state index contributed by atoms with van der Waals surface area (Å²) in [4.78, 5) is 23.6. The molecule has 0 saturated heterocycles. The molecule has 23 heavy (non-hydrogen) atoms. The molecule has 2 aromatic carbocycles. The van der Waals surface area contributed by atoms with E-state index in [1.807, 2.05) is 12.1 Å². The fraction of sp³-hybridized carbons (Fsp3) is 0.0588. The summed E-state index contributed by atoms with van der Waals surface area (Å²) in [6.07, 6.45) is 2.97. The van der Waals surface area contributed by atoms with Gasteiger partial charge in [-0.15, -0.1) is 0 Å². The summed E-state index contributed by atoms with van der Waals surface area (Å²) in [5.74, 6) is -0.0859. The van der Waals surface area contributed by atoms with Crippen LogP contribution in [0.2, 0.25) is 0 Å². The van der Waals surface area contributed by atoms with Crippen LogP contribution in [0.15, 0.2) is 59.1 Å². The summed E-state index contributed by atoms with van der Waals surface area (Å²) in [5.41, 5.74) is 5.97. The van der Waals surface area contributed by atoms with Crippen LogP contribution in [0, 0.1) is 0 Å². The molecule has 118 valence electrons. The highest BCUT2D eigenvalue weighted by atomic mass is 79.9. The number of hydrazine groups is 1. The van der Waals surface area contributed by atoms with Gasteiger partial charge < -0.3 is 4.74 Å². The molecule has 0 bridgehead atoms. The molecule has 0 saturated carbocycles. The topological polar surface area (TPSA) is 67.4 Å². The van der Waals surface area contributed by atoms with Crippen LogP contribution in [-0.2, 0) is 4.79 Å². The third kappa shape index (κ3) is 4.96. The van der Waals surface area contributed by atoms with Crippen molar-refractivity contribution in [3.8, 4) is 5.75 Å². The minimum Gasteiger partial charge on any atom is -0.497 e. The second-order valence-corrected chi connectivity index (χ2v) is 5.38. The van der Waals surface area contributed by atoms with Crippen LogP contribution < -0.4 is 15.6 Å². The Hall–Kier alpha value is -2.60. The maximum atomic E-state index is 11.9. The van der Waals surface area contributed by atoms with E-state index < -0.39 is 11.8 Å². The number of amides is 2. The van der Waals surface area contributed by atoms with Gasteiger partial charge >= 0.3 is 0 Å². The summed E-state index contributed by atoms with van der Waals surface area (Å²) < 4.78 is 5.71. The number of halogens is 1. The molecule has 2 rings (SSSR count). The van der Waals surface area contributed by atoms with Crippen molar-refractivity contribution in [3.63, 3.8) is 0 Å². The summed E-state index contributed by atoms with van der Waals surface area (Å²) in [6.45, 7) is 0. The Morgan fingerprint density at radius 3 is 2.39 bits per heavy atom. The van der Waals surface area contributed by atoms with E-state index in [4.69, 9.17) is 4.74 Å². The van der Waals surface area contributed by atoms with Gasteiger partial charge in [-0.3, -0.25) is 20.4 Å². The molecule has 0 aliphatic heterocycles. The molecule has 0 unspecified atom stereocenters. The first kappa shape index (κ1) is 16.8. The lowest BCUT2D eigenvalue weighted by molar-refractivity contribution is -0.117. The Morgan fingerprint density at radius 2 is 1.74 bits per heavy atom. The highest BCUT2D eigenvalue weighted by Crippen LogP contribution is 2.15. The molecule has 6 heteroatoms. The van der Waals surface area contributed by atoms with Crippen LogP contribution in [0.5, 0.6) is 5.75 Å². The zero-order valence-electron chi connectivity index (χ0n) is 12.4. The third-order valence-corrected chi connectivity index (χ3v) is 3.65. The second-order valence-electron chi connectivity index (χ2n) is 4.53. The number of hydrogen-bond acceptors (Lipinski definition) is 3. The predicted molar refractivity (Wildman–Crippen MR) is 91.8 cm³/mol. The standard InChI is InChI=1S/C17H15BrN2O3/c1-23-13-9-6-12(7-10-13)8-11-16(21)19-20-17(22)14-4-2-3-5-15(14)18/h2-11H,1H3,(H,19,21)(H,20,22)/b11-8+. The Balaban J connectivity index is 1.88. The first-order valence-corrected chi connectivity index (χ1v) is 7.56. The number of carbonyl (C=O) groups is 2. The van der Waals surface area contributed by atoms with Crippen LogP contribution in [-0.4, -0.2) is 18.9 Å². The number of nitrogens with one attached hydrogen (secondary N) is 2. The minimum atomic E-state index is -0.429. The molecule has 0 spiro atoms. The fourth-order valence-corrected chi connectivity index (χ4v) is 2.22. The van der Waals surface area contributed by atoms with Crippen LogP contribution in [0.4, 0.5) is 0 Å². The Kier molecular flexibility index (Phi) is 5.94. The fourth-order valence-electron chi connectivity index (χ4n) is 1.76. The predicted octanol–water partition coefficient (Wildman–Crippen LogP) is 2.93. The minimum absolute atomic E-state index is 0.399. The van der Waals surface area contributed by atoms with Gasteiger partial charge in [0.25, 0.3) is 11.8 Å². The molecule has 2 aromatic rings. The lowest BCUT2D eigenvalue weighted by Gasteiger charge is -2.06. The van der Waals surface area contributed by atoms with Crippen LogP contribution in [0.25, 0.3) is 6.08 Å². The number of ether oxygens (including phenoxy) is 1. The van der Waals surface area contributed by atoms with E-state index in [0.29, 0.717) is 10.0 Å². The van der Waals surface area contributed by atoms with E-state index in [9.17, 15) is 9.59 Å². The highest BCUT2D eigenvalue weighted by Gasteiger charge is 2.08. The normalized spacial score (nSPS) is 10.3. The Bertz CT molecular complexity index is 727. The highest BCUT2D eigenvalue weighted by molar-refractivity contribution is 9.10. The average Bonchev–Trinajstić information content (AvgIpc) is 2.58. The monoisotopic (exact) mass is 374 g/mol. The van der Waals surface area contributed by atoms with Crippen molar-refractivity contribution in [2.75, 3.05) is 7.11 Å². The largest absolute Gasteiger partial charge is 0.497 e. The molecule has 5 nitrogen and oxygen atoms in total. The summed E-state index contributed by atoms with van der Waals surface area (Å²) >= 11 is 3.28. The lowest BCUT2D eigenvalue weighted by atomic mass is 10.2. The lowest BCUT2D eigenvalue weighted by Crippen LogP contribution is -2.40. The molecule has 0 heterocycles. The third-order valence-electron chi connectivity index (χ3n) is 2.96. The van der Waals surface area contributed by atoms with Crippen LogP contribution >= 0.6 is 15.9 Å². The number of methoxy groups -OCH3 is 1. The van der Waals surface area contributed by atoms with Gasteiger partial charge in [-0.05, 0) is 51.8 Å². The van der Waals surface area contributed by atoms with Gasteiger partial charge in [-0.25, -0.2) is 0 Å². The SMILES string of the molecule is COc1ccc(/C=C/C(=O)NNC(=O)c2ccccc2Br)cc1. The van der Waals surface area contributed by atoms with Crippen molar-refractivity contribution in [1.82, 2.24) is 10.9 Å². The first-order valence-electron chi connectivity index (χ1n) is 6.77. The molecular formula is C17H15BrN2O3. The zero-order valence-corrected chi connectivity index (χ0v) is 14.0. The maximum Gasteiger partial charge on any atom is 0.270 e. The molecule has 0 fully saturated rings. The molecule has 0 aliphatic carbocycles. The number of carbonyl (C=O) groups excluding carboxylic acids is 2. The number of hydrogen-bond donors (Lipinski definition) is 2. The maximum absolute atomic E-state index is 11.9. The second kappa shape index (κ2) is 8.14. The Labute approximate surface area is 142 Å². The summed E-state index contributed by atoms with van der Waals surface area (Å²) in [6, 6.07) is 14.2. The molecule has 0 atom stereocenters. The smallest absolute Gasteiger partial charge is 0.270 e. The van der Waals surface area contributed by atoms with E-state index in [1.54, 1.807) is 49.6 Å². The summed E-state index contributed by atoms with van der Waals surface area (Å²) in [7, 11) is 1.59. The van der Waals surface area contributed by atoms with Gasteiger partial charge in [0.15, 0.2) is 0 Å². The molecule has 0 aliphatic rings. The van der Waals surface area contributed by atoms with Crippen molar-refractivity contribution >= 4 is 33.8 Å². The van der Waals surface area contributed by atoms with Crippen molar-refractivity contribution in [2.45, 2.75) is 0 Å². The first-order chi connectivity index (χ1) is 11.1. The summed E-state index contributed by atoms with van der Waals surface area (Å²) in [5, 5.41) is 0. The van der Waals surface area contributed by atoms with Gasteiger partial charge in [0, 0.05) is 10.5 Å². The van der Waals surface area contributed by atoms with Gasteiger partial charge in [-0.1, -0.05) is 24.3 Å². The van der Waals surface area contributed by atoms with Crippen LogP contribution in [0.1, 0.15) is 15.9 Å². The molecule has 2 N–H and O–H groups in total. The molecule has 2 amide bonds. The van der Waals surface area contributed by atoms with E-state index in [-0.39, 0.29) is 0 Å². The van der Waals surface area contributed by atoms with Crippen molar-refractivity contribution in [3.05, 3.63) is 70.2 Å². The zero-order chi connectivity index (χ0) is 16.7. The van der Waals surface area contributed by atoms with E-state index in [2.05, 4.69) is 26.8 Å². The van der Waals surface area contributed by atoms with Gasteiger partial charge in [0.1, 0.15) is 5.75 Å². The van der Waals surface area contributed by atoms with E-state index >= 15 is 0 Å².